The van der Waals surface area contributed by atoms with Gasteiger partial charge in [0.1, 0.15) is 5.76 Å². The number of nitrogens with zero attached hydrogens (tertiary/aromatic N) is 2. The lowest BCUT2D eigenvalue weighted by atomic mass is 10.2. The molecule has 134 valence electrons. The predicted octanol–water partition coefficient (Wildman–Crippen LogP) is 5.04. The third-order valence-electron chi connectivity index (χ3n) is 4.40. The van der Waals surface area contributed by atoms with Crippen molar-refractivity contribution in [1.29, 1.82) is 0 Å². The van der Waals surface area contributed by atoms with Crippen LogP contribution >= 0.6 is 0 Å². The van der Waals surface area contributed by atoms with Crippen molar-refractivity contribution in [1.82, 2.24) is 4.57 Å². The minimum Gasteiger partial charge on any atom is -0.475 e. The van der Waals surface area contributed by atoms with Crippen molar-refractivity contribution in [2.45, 2.75) is 13.5 Å². The van der Waals surface area contributed by atoms with Crippen LogP contribution in [0.25, 0.3) is 10.9 Å². The molecule has 4 rings (SSSR count). The van der Waals surface area contributed by atoms with Crippen molar-refractivity contribution in [3.63, 3.8) is 0 Å². The maximum absolute atomic E-state index is 11.0. The molecule has 1 N–H and O–H groups in total. The van der Waals surface area contributed by atoms with E-state index in [9.17, 15) is 4.79 Å². The van der Waals surface area contributed by atoms with E-state index in [0.717, 1.165) is 22.2 Å². The molecule has 0 saturated heterocycles. The number of aromatic nitrogens is 1. The molecule has 5 nitrogen and oxygen atoms in total. The second kappa shape index (κ2) is 6.96. The minimum absolute atomic E-state index is 0.0531. The van der Waals surface area contributed by atoms with Gasteiger partial charge in [0.2, 0.25) is 5.76 Å². The van der Waals surface area contributed by atoms with E-state index in [1.807, 2.05) is 72.4 Å². The van der Waals surface area contributed by atoms with E-state index in [1.165, 1.54) is 11.6 Å². The maximum Gasteiger partial charge on any atom is 0.371 e. The topological polar surface area (TPSA) is 67.7 Å². The van der Waals surface area contributed by atoms with E-state index >= 15 is 0 Å². The van der Waals surface area contributed by atoms with E-state index in [1.54, 1.807) is 6.07 Å². The number of aromatic carboxylic acids is 1. The lowest BCUT2D eigenvalue weighted by molar-refractivity contribution is 0.0660. The van der Waals surface area contributed by atoms with Crippen LogP contribution in [-0.2, 0) is 6.54 Å². The monoisotopic (exact) mass is 358 g/mol. The van der Waals surface area contributed by atoms with Crippen molar-refractivity contribution < 1.29 is 14.3 Å². The Morgan fingerprint density at radius 3 is 2.63 bits per heavy atom. The number of benzene rings is 2. The summed E-state index contributed by atoms with van der Waals surface area (Å²) < 4.78 is 7.43. The Hall–Kier alpha value is -3.60. The average Bonchev–Trinajstić information content (AvgIpc) is 3.27. The molecular weight excluding hydrogens is 340 g/mol. The highest BCUT2D eigenvalue weighted by Gasteiger charge is 2.12. The van der Waals surface area contributed by atoms with Gasteiger partial charge in [-0.1, -0.05) is 35.9 Å². The maximum atomic E-state index is 11.0. The first kappa shape index (κ1) is 16.8. The van der Waals surface area contributed by atoms with E-state index < -0.39 is 5.97 Å². The van der Waals surface area contributed by atoms with Crippen molar-refractivity contribution >= 4 is 28.8 Å². The van der Waals surface area contributed by atoms with E-state index in [0.29, 0.717) is 12.3 Å². The van der Waals surface area contributed by atoms with Crippen LogP contribution in [0.1, 0.15) is 27.4 Å². The molecule has 4 aromatic rings. The van der Waals surface area contributed by atoms with Gasteiger partial charge in [0, 0.05) is 28.9 Å². The fourth-order valence-electron chi connectivity index (χ4n) is 3.03. The molecule has 0 unspecified atom stereocenters. The summed E-state index contributed by atoms with van der Waals surface area (Å²) in [4.78, 5) is 15.6. The molecule has 0 aliphatic carbocycles. The van der Waals surface area contributed by atoms with Gasteiger partial charge in [-0.2, -0.15) is 0 Å². The van der Waals surface area contributed by atoms with Crippen LogP contribution in [-0.4, -0.2) is 21.9 Å². The molecular formula is C22H18N2O3. The van der Waals surface area contributed by atoms with Crippen LogP contribution in [0.5, 0.6) is 0 Å². The number of aliphatic imine (C=N–C) groups is 1. The highest BCUT2D eigenvalue weighted by molar-refractivity contribution is 6.00. The summed E-state index contributed by atoms with van der Waals surface area (Å²) >= 11 is 0. The number of hydrogen-bond donors (Lipinski definition) is 1. The Morgan fingerprint density at radius 1 is 1.11 bits per heavy atom. The van der Waals surface area contributed by atoms with Crippen LogP contribution in [0.4, 0.5) is 5.69 Å². The molecule has 0 radical (unpaired) electrons. The Labute approximate surface area is 156 Å². The number of carbonyl (C=O) groups is 1. The van der Waals surface area contributed by atoms with Gasteiger partial charge in [-0.15, -0.1) is 0 Å². The summed E-state index contributed by atoms with van der Waals surface area (Å²) in [5.41, 5.74) is 4.13. The first-order valence-electron chi connectivity index (χ1n) is 8.61. The normalized spacial score (nSPS) is 11.4. The molecule has 0 saturated carbocycles. The van der Waals surface area contributed by atoms with Crippen LogP contribution in [0.15, 0.2) is 76.3 Å². The number of rotatable bonds is 5. The lowest BCUT2D eigenvalue weighted by Crippen LogP contribution is -1.97. The quantitative estimate of drug-likeness (QED) is 0.508. The van der Waals surface area contributed by atoms with Gasteiger partial charge < -0.3 is 14.1 Å². The molecule has 2 aromatic carbocycles. The third-order valence-corrected chi connectivity index (χ3v) is 4.40. The predicted molar refractivity (Wildman–Crippen MR) is 105 cm³/mol. The summed E-state index contributed by atoms with van der Waals surface area (Å²) in [7, 11) is 0. The number of para-hydroxylation sites is 1. The minimum atomic E-state index is -1.07. The van der Waals surface area contributed by atoms with Crippen molar-refractivity contribution in [3.05, 3.63) is 89.5 Å². The zero-order valence-corrected chi connectivity index (χ0v) is 14.8. The second-order valence-electron chi connectivity index (χ2n) is 6.39. The Kier molecular flexibility index (Phi) is 4.34. The van der Waals surface area contributed by atoms with Gasteiger partial charge in [0.05, 0.1) is 12.2 Å². The Morgan fingerprint density at radius 2 is 1.89 bits per heavy atom. The molecule has 2 heterocycles. The van der Waals surface area contributed by atoms with Gasteiger partial charge in [-0.25, -0.2) is 4.79 Å². The van der Waals surface area contributed by atoms with Crippen molar-refractivity contribution in [2.24, 2.45) is 4.99 Å². The zero-order chi connectivity index (χ0) is 18.8. The Bertz CT molecular complexity index is 1130. The fourth-order valence-corrected chi connectivity index (χ4v) is 3.03. The summed E-state index contributed by atoms with van der Waals surface area (Å²) in [5, 5.41) is 10.1. The number of carboxylic acid groups (broad SMARTS) is 1. The molecule has 0 amide bonds. The second-order valence-corrected chi connectivity index (χ2v) is 6.39. The molecule has 0 atom stereocenters. The molecule has 27 heavy (non-hydrogen) atoms. The van der Waals surface area contributed by atoms with E-state index in [2.05, 4.69) is 4.99 Å². The third kappa shape index (κ3) is 3.53. The smallest absolute Gasteiger partial charge is 0.371 e. The summed E-state index contributed by atoms with van der Waals surface area (Å²) in [5.74, 6) is -0.526. The number of fused-ring (bicyclic) bond motifs is 1. The van der Waals surface area contributed by atoms with Crippen LogP contribution in [0, 0.1) is 6.92 Å². The molecule has 0 bridgehead atoms. The molecule has 0 aliphatic heterocycles. The largest absolute Gasteiger partial charge is 0.475 e. The lowest BCUT2D eigenvalue weighted by Gasteiger charge is -2.02. The van der Waals surface area contributed by atoms with E-state index in [-0.39, 0.29) is 5.76 Å². The highest BCUT2D eigenvalue weighted by atomic mass is 16.4. The first-order valence-corrected chi connectivity index (χ1v) is 8.61. The zero-order valence-electron chi connectivity index (χ0n) is 14.8. The number of hydrogen-bond acceptors (Lipinski definition) is 3. The number of furan rings is 1. The molecule has 0 spiro atoms. The van der Waals surface area contributed by atoms with Crippen molar-refractivity contribution in [2.75, 3.05) is 0 Å². The standard InChI is InChI=1S/C22H18N2O3/c1-15-6-8-17(9-7-15)23-12-16-13-24(20-5-3-2-4-19(16)20)14-18-10-11-21(27-18)22(25)26/h2-13H,14H2,1H3,(H,25,26). The molecule has 2 aromatic heterocycles. The van der Waals surface area contributed by atoms with Crippen LogP contribution in [0.2, 0.25) is 0 Å². The molecule has 0 aliphatic rings. The van der Waals surface area contributed by atoms with Crippen LogP contribution in [0.3, 0.4) is 0 Å². The van der Waals surface area contributed by atoms with Crippen molar-refractivity contribution in [3.8, 4) is 0 Å². The summed E-state index contributed by atoms with van der Waals surface area (Å²) in [6.07, 6.45) is 3.86. The Balaban J connectivity index is 1.67. The van der Waals surface area contributed by atoms with Crippen LogP contribution < -0.4 is 0 Å². The number of aryl methyl sites for hydroxylation is 1. The van der Waals surface area contributed by atoms with Gasteiger partial charge in [-0.05, 0) is 37.3 Å². The summed E-state index contributed by atoms with van der Waals surface area (Å²) in [6, 6.07) is 19.3. The van der Waals surface area contributed by atoms with Gasteiger partial charge in [-0.3, -0.25) is 4.99 Å². The molecule has 0 fully saturated rings. The first-order chi connectivity index (χ1) is 13.1. The number of carboxylic acids is 1. The molecule has 5 heteroatoms. The van der Waals surface area contributed by atoms with Gasteiger partial charge in [0.25, 0.3) is 0 Å². The average molecular weight is 358 g/mol. The van der Waals surface area contributed by atoms with E-state index in [4.69, 9.17) is 9.52 Å². The highest BCUT2D eigenvalue weighted by Crippen LogP contribution is 2.23. The summed E-state index contributed by atoms with van der Waals surface area (Å²) in [6.45, 7) is 2.50. The van der Waals surface area contributed by atoms with Gasteiger partial charge >= 0.3 is 5.97 Å². The fraction of sp³-hybridized carbons (Fsp3) is 0.0909. The van der Waals surface area contributed by atoms with Gasteiger partial charge in [0.15, 0.2) is 0 Å². The SMILES string of the molecule is Cc1ccc(N=Cc2cn(Cc3ccc(C(=O)O)o3)c3ccccc23)cc1.